The average Bonchev–Trinajstić information content (AvgIpc) is 2.80. The zero-order chi connectivity index (χ0) is 13.8. The van der Waals surface area contributed by atoms with E-state index in [1.54, 1.807) is 0 Å². The third-order valence-electron chi connectivity index (χ3n) is 1.96. The van der Waals surface area contributed by atoms with Crippen LogP contribution in [0.5, 0.6) is 0 Å². The van der Waals surface area contributed by atoms with Crippen LogP contribution in [0.1, 0.15) is 47.1 Å². The molecule has 1 heterocycles. The zero-order valence-corrected chi connectivity index (χ0v) is 12.7. The molecule has 0 amide bonds. The predicted molar refractivity (Wildman–Crippen MR) is 79.5 cm³/mol. The van der Waals surface area contributed by atoms with E-state index in [2.05, 4.69) is 30.1 Å². The smallest absolute Gasteiger partial charge is 0.0955 e. The third kappa shape index (κ3) is 5.03. The van der Waals surface area contributed by atoms with Gasteiger partial charge in [-0.25, -0.2) is 4.98 Å². The van der Waals surface area contributed by atoms with Crippen molar-refractivity contribution in [3.05, 3.63) is 30.1 Å². The lowest BCUT2D eigenvalue weighted by molar-refractivity contribution is 0.948. The van der Waals surface area contributed by atoms with Crippen LogP contribution < -0.4 is 0 Å². The summed E-state index contributed by atoms with van der Waals surface area (Å²) in [7, 11) is 2.01. The quantitative estimate of drug-likeness (QED) is 0.632. The maximum atomic E-state index is 4.28. The van der Waals surface area contributed by atoms with Crippen molar-refractivity contribution >= 4 is 11.0 Å². The molecule has 0 atom stereocenters. The summed E-state index contributed by atoms with van der Waals surface area (Å²) in [5.74, 6) is 0. The van der Waals surface area contributed by atoms with Gasteiger partial charge in [-0.2, -0.15) is 0 Å². The number of hydrogen-bond acceptors (Lipinski definition) is 1. The van der Waals surface area contributed by atoms with E-state index >= 15 is 0 Å². The maximum absolute atomic E-state index is 4.28. The van der Waals surface area contributed by atoms with Gasteiger partial charge < -0.3 is 4.57 Å². The van der Waals surface area contributed by atoms with Crippen LogP contribution in [0, 0.1) is 6.92 Å². The highest BCUT2D eigenvalue weighted by atomic mass is 15.0. The fourth-order valence-electron chi connectivity index (χ4n) is 1.30. The van der Waals surface area contributed by atoms with Crippen LogP contribution in [0.15, 0.2) is 24.5 Å². The molecule has 0 bridgehead atoms. The van der Waals surface area contributed by atoms with Gasteiger partial charge in [-0.05, 0) is 18.6 Å². The van der Waals surface area contributed by atoms with Gasteiger partial charge in [0.05, 0.1) is 17.4 Å². The number of fused-ring (bicyclic) bond motifs is 1. The van der Waals surface area contributed by atoms with Crippen molar-refractivity contribution in [2.75, 3.05) is 0 Å². The number of hydrogen-bond donors (Lipinski definition) is 0. The first kappa shape index (κ1) is 18.1. The first-order valence-corrected chi connectivity index (χ1v) is 6.65. The molecule has 17 heavy (non-hydrogen) atoms. The molecule has 0 N–H and O–H groups in total. The Kier molecular flexibility index (Phi) is 11.9. The van der Waals surface area contributed by atoms with Gasteiger partial charge in [0.2, 0.25) is 0 Å². The Morgan fingerprint density at radius 3 is 1.94 bits per heavy atom. The van der Waals surface area contributed by atoms with Crippen LogP contribution in [0.3, 0.4) is 0 Å². The molecule has 1 aromatic carbocycles. The number of nitrogens with zero attached hydrogens (tertiary/aromatic N) is 2. The van der Waals surface area contributed by atoms with Crippen LogP contribution >= 0.6 is 0 Å². The lowest BCUT2D eigenvalue weighted by Gasteiger charge is -1.94. The number of rotatable bonds is 0. The topological polar surface area (TPSA) is 17.8 Å². The van der Waals surface area contributed by atoms with E-state index in [0.717, 1.165) is 5.52 Å². The molecular formula is C15H28N2. The summed E-state index contributed by atoms with van der Waals surface area (Å²) in [5, 5.41) is 0. The summed E-state index contributed by atoms with van der Waals surface area (Å²) in [4.78, 5) is 4.28. The highest BCUT2D eigenvalue weighted by Crippen LogP contribution is 2.14. The second kappa shape index (κ2) is 11.2. The summed E-state index contributed by atoms with van der Waals surface area (Å²) in [6.45, 7) is 14.1. The molecule has 0 aliphatic heterocycles. The lowest BCUT2D eigenvalue weighted by atomic mass is 10.2. The van der Waals surface area contributed by atoms with Crippen molar-refractivity contribution in [3.8, 4) is 0 Å². The molecule has 0 aliphatic rings. The monoisotopic (exact) mass is 236 g/mol. The molecule has 2 rings (SSSR count). The van der Waals surface area contributed by atoms with Crippen molar-refractivity contribution in [3.63, 3.8) is 0 Å². The molecule has 0 saturated heterocycles. The van der Waals surface area contributed by atoms with Gasteiger partial charge in [-0.15, -0.1) is 0 Å². The lowest BCUT2D eigenvalue weighted by Crippen LogP contribution is -1.83. The standard InChI is InChI=1S/C9H10N2.3C2H6/c1-7-4-3-5-8-9(7)10-6-11(8)2;3*1-2/h3-6H,1-2H3;3*1-2H3. The van der Waals surface area contributed by atoms with Crippen LogP contribution in [-0.4, -0.2) is 9.55 Å². The molecule has 2 heteroatoms. The Morgan fingerprint density at radius 1 is 0.941 bits per heavy atom. The first-order chi connectivity index (χ1) is 8.29. The van der Waals surface area contributed by atoms with Gasteiger partial charge in [0.1, 0.15) is 0 Å². The van der Waals surface area contributed by atoms with Gasteiger partial charge >= 0.3 is 0 Å². The highest BCUT2D eigenvalue weighted by molar-refractivity contribution is 5.78. The minimum absolute atomic E-state index is 1.11. The molecule has 0 spiro atoms. The van der Waals surface area contributed by atoms with Gasteiger partial charge in [-0.1, -0.05) is 53.7 Å². The SMILES string of the molecule is CC.CC.CC.Cc1cccc2c1ncn2C. The van der Waals surface area contributed by atoms with E-state index < -0.39 is 0 Å². The van der Waals surface area contributed by atoms with E-state index in [0.29, 0.717) is 0 Å². The number of aryl methyl sites for hydroxylation is 2. The minimum Gasteiger partial charge on any atom is -0.334 e. The average molecular weight is 236 g/mol. The van der Waals surface area contributed by atoms with Crippen LogP contribution in [0.25, 0.3) is 11.0 Å². The molecule has 2 aromatic rings. The summed E-state index contributed by atoms with van der Waals surface area (Å²) >= 11 is 0. The van der Waals surface area contributed by atoms with E-state index in [1.807, 2.05) is 59.5 Å². The van der Waals surface area contributed by atoms with E-state index in [9.17, 15) is 0 Å². The van der Waals surface area contributed by atoms with E-state index in [1.165, 1.54) is 11.1 Å². The second-order valence-corrected chi connectivity index (χ2v) is 2.80. The molecule has 98 valence electrons. The van der Waals surface area contributed by atoms with Crippen molar-refractivity contribution in [2.24, 2.45) is 7.05 Å². The van der Waals surface area contributed by atoms with Gasteiger partial charge in [0.15, 0.2) is 0 Å². The molecular weight excluding hydrogens is 208 g/mol. The predicted octanol–water partition coefficient (Wildman–Crippen LogP) is 4.96. The fraction of sp³-hybridized carbons (Fsp3) is 0.533. The Bertz CT molecular complexity index is 389. The number of para-hydroxylation sites is 1. The van der Waals surface area contributed by atoms with E-state index in [4.69, 9.17) is 0 Å². The molecule has 0 unspecified atom stereocenters. The van der Waals surface area contributed by atoms with Crippen molar-refractivity contribution in [1.29, 1.82) is 0 Å². The summed E-state index contributed by atoms with van der Waals surface area (Å²) in [6.07, 6.45) is 1.84. The molecule has 2 nitrogen and oxygen atoms in total. The molecule has 1 aromatic heterocycles. The van der Waals surface area contributed by atoms with Crippen molar-refractivity contribution < 1.29 is 0 Å². The Labute approximate surface area is 107 Å². The highest BCUT2D eigenvalue weighted by Gasteiger charge is 1.99. The second-order valence-electron chi connectivity index (χ2n) is 2.80. The van der Waals surface area contributed by atoms with Crippen LogP contribution in [-0.2, 0) is 7.05 Å². The Morgan fingerprint density at radius 2 is 1.47 bits per heavy atom. The minimum atomic E-state index is 1.11. The summed E-state index contributed by atoms with van der Waals surface area (Å²) in [5.41, 5.74) is 3.54. The van der Waals surface area contributed by atoms with Gasteiger partial charge in [0, 0.05) is 7.05 Å². The number of benzene rings is 1. The van der Waals surface area contributed by atoms with Crippen LogP contribution in [0.4, 0.5) is 0 Å². The molecule has 0 aliphatic carbocycles. The first-order valence-electron chi connectivity index (χ1n) is 6.65. The van der Waals surface area contributed by atoms with Crippen molar-refractivity contribution in [2.45, 2.75) is 48.5 Å². The summed E-state index contributed by atoms with van der Waals surface area (Å²) in [6, 6.07) is 6.21. The van der Waals surface area contributed by atoms with Crippen LogP contribution in [0.2, 0.25) is 0 Å². The molecule has 0 fully saturated rings. The van der Waals surface area contributed by atoms with Gasteiger partial charge in [0.25, 0.3) is 0 Å². The van der Waals surface area contributed by atoms with Crippen molar-refractivity contribution in [1.82, 2.24) is 9.55 Å². The molecule has 0 saturated carbocycles. The number of imidazole rings is 1. The Hall–Kier alpha value is -1.31. The summed E-state index contributed by atoms with van der Waals surface area (Å²) < 4.78 is 2.03. The third-order valence-corrected chi connectivity index (χ3v) is 1.96. The fourth-order valence-corrected chi connectivity index (χ4v) is 1.30. The number of aromatic nitrogens is 2. The zero-order valence-electron chi connectivity index (χ0n) is 12.7. The largest absolute Gasteiger partial charge is 0.334 e. The maximum Gasteiger partial charge on any atom is 0.0955 e. The van der Waals surface area contributed by atoms with Gasteiger partial charge in [-0.3, -0.25) is 0 Å². The van der Waals surface area contributed by atoms with E-state index in [-0.39, 0.29) is 0 Å². The normalized spacial score (nSPS) is 8.00. The Balaban J connectivity index is 0. The molecule has 0 radical (unpaired) electrons.